The van der Waals surface area contributed by atoms with E-state index in [1.807, 2.05) is 30.3 Å². The molecule has 0 spiro atoms. The van der Waals surface area contributed by atoms with E-state index in [9.17, 15) is 27.2 Å². The van der Waals surface area contributed by atoms with E-state index in [2.05, 4.69) is 16.0 Å². The fourth-order valence-electron chi connectivity index (χ4n) is 3.90. The van der Waals surface area contributed by atoms with Gasteiger partial charge in [0.15, 0.2) is 0 Å². The number of carbonyl (C=O) groups is 2. The summed E-state index contributed by atoms with van der Waals surface area (Å²) in [5.74, 6) is -2.93. The van der Waals surface area contributed by atoms with Crippen LogP contribution in [0.4, 0.5) is 17.6 Å². The van der Waals surface area contributed by atoms with Gasteiger partial charge in [-0.2, -0.15) is 0 Å². The van der Waals surface area contributed by atoms with Crippen LogP contribution in [0.3, 0.4) is 0 Å². The van der Waals surface area contributed by atoms with Crippen molar-refractivity contribution in [3.05, 3.63) is 70.8 Å². The Morgan fingerprint density at radius 1 is 1.14 bits per heavy atom. The molecule has 2 aromatic carbocycles. The quantitative estimate of drug-likeness (QED) is 0.419. The van der Waals surface area contributed by atoms with Crippen molar-refractivity contribution in [1.82, 2.24) is 16.0 Å². The molecule has 0 saturated carbocycles. The number of alkyl halides is 2. The fraction of sp³-hybridized carbons (Fsp3) is 0.440. The molecule has 2 amide bonds. The number of amides is 2. The number of rotatable bonds is 11. The molecule has 1 fully saturated rings. The van der Waals surface area contributed by atoms with Crippen LogP contribution < -0.4 is 16.0 Å². The van der Waals surface area contributed by atoms with E-state index >= 15 is 0 Å². The van der Waals surface area contributed by atoms with Crippen LogP contribution in [0.5, 0.6) is 0 Å². The third-order valence-corrected chi connectivity index (χ3v) is 5.74. The Balaban J connectivity index is 1.49. The Hall–Kier alpha value is -2.98. The highest BCUT2D eigenvalue weighted by Gasteiger charge is 2.33. The second-order valence-electron chi connectivity index (χ2n) is 8.55. The summed E-state index contributed by atoms with van der Waals surface area (Å²) < 4.78 is 59.9. The lowest BCUT2D eigenvalue weighted by atomic mass is 10.1. The normalized spacial score (nSPS) is 18.5. The maximum Gasteiger partial charge on any atom is 0.242 e. The van der Waals surface area contributed by atoms with Crippen LogP contribution in [0.2, 0.25) is 0 Å². The van der Waals surface area contributed by atoms with Gasteiger partial charge in [-0.15, -0.1) is 0 Å². The molecule has 1 saturated heterocycles. The molecule has 3 unspecified atom stereocenters. The topological polar surface area (TPSA) is 79.5 Å². The SMILES string of the molecule is Cc1cc(F)c(CCNC(=O)C(CC(F)F)NC(=O)C2CC(OCc3ccccc3)CN2)c(F)c1. The Bertz CT molecular complexity index is 984. The lowest BCUT2D eigenvalue weighted by molar-refractivity contribution is -0.130. The van der Waals surface area contributed by atoms with Gasteiger partial charge in [-0.3, -0.25) is 9.59 Å². The van der Waals surface area contributed by atoms with Crippen LogP contribution in [-0.4, -0.2) is 49.5 Å². The average Bonchev–Trinajstić information content (AvgIpc) is 3.28. The van der Waals surface area contributed by atoms with Crippen LogP contribution in [0.15, 0.2) is 42.5 Å². The molecule has 2 aromatic rings. The van der Waals surface area contributed by atoms with Gasteiger partial charge in [-0.25, -0.2) is 17.6 Å². The molecule has 0 aliphatic carbocycles. The van der Waals surface area contributed by atoms with Crippen molar-refractivity contribution in [2.24, 2.45) is 0 Å². The van der Waals surface area contributed by atoms with Gasteiger partial charge < -0.3 is 20.7 Å². The molecule has 0 radical (unpaired) electrons. The van der Waals surface area contributed by atoms with Crippen molar-refractivity contribution in [1.29, 1.82) is 0 Å². The highest BCUT2D eigenvalue weighted by atomic mass is 19.3. The molecule has 3 atom stereocenters. The van der Waals surface area contributed by atoms with E-state index in [1.165, 1.54) is 12.1 Å². The first-order valence-corrected chi connectivity index (χ1v) is 11.4. The van der Waals surface area contributed by atoms with E-state index in [1.54, 1.807) is 6.92 Å². The van der Waals surface area contributed by atoms with Crippen molar-refractivity contribution in [3.8, 4) is 0 Å². The predicted molar refractivity (Wildman–Crippen MR) is 122 cm³/mol. The van der Waals surface area contributed by atoms with E-state index in [-0.39, 0.29) is 24.6 Å². The first kappa shape index (κ1) is 26.6. The van der Waals surface area contributed by atoms with Crippen molar-refractivity contribution in [2.45, 2.75) is 57.4 Å². The van der Waals surface area contributed by atoms with E-state index < -0.39 is 48.4 Å². The summed E-state index contributed by atoms with van der Waals surface area (Å²) in [6.07, 6.45) is -3.80. The summed E-state index contributed by atoms with van der Waals surface area (Å²) in [5.41, 5.74) is 1.20. The van der Waals surface area contributed by atoms with Crippen LogP contribution in [-0.2, 0) is 27.4 Å². The number of hydrogen-bond acceptors (Lipinski definition) is 4. The van der Waals surface area contributed by atoms with Gasteiger partial charge in [-0.05, 0) is 43.0 Å². The molecule has 0 aromatic heterocycles. The summed E-state index contributed by atoms with van der Waals surface area (Å²) in [4.78, 5) is 25.1. The lowest BCUT2D eigenvalue weighted by Crippen LogP contribution is -2.52. The zero-order chi connectivity index (χ0) is 25.4. The van der Waals surface area contributed by atoms with Gasteiger partial charge in [0.2, 0.25) is 18.2 Å². The Labute approximate surface area is 201 Å². The zero-order valence-electron chi connectivity index (χ0n) is 19.3. The van der Waals surface area contributed by atoms with Gasteiger partial charge >= 0.3 is 0 Å². The third kappa shape index (κ3) is 8.03. The molecule has 6 nitrogen and oxygen atoms in total. The number of ether oxygens (including phenoxy) is 1. The summed E-state index contributed by atoms with van der Waals surface area (Å²) in [5, 5.41) is 7.73. The molecule has 3 N–H and O–H groups in total. The molecule has 1 aliphatic heterocycles. The number of aryl methyl sites for hydroxylation is 1. The predicted octanol–water partition coefficient (Wildman–Crippen LogP) is 3.02. The largest absolute Gasteiger partial charge is 0.372 e. The molecular formula is C25H29F4N3O3. The van der Waals surface area contributed by atoms with Gasteiger partial charge in [0.25, 0.3) is 0 Å². The van der Waals surface area contributed by atoms with Gasteiger partial charge in [0, 0.05) is 25.1 Å². The van der Waals surface area contributed by atoms with Gasteiger partial charge in [0.1, 0.15) is 17.7 Å². The number of halogens is 4. The minimum atomic E-state index is -2.84. The third-order valence-electron chi connectivity index (χ3n) is 5.74. The molecule has 10 heteroatoms. The molecule has 3 rings (SSSR count). The van der Waals surface area contributed by atoms with Gasteiger partial charge in [-0.1, -0.05) is 30.3 Å². The Morgan fingerprint density at radius 3 is 2.49 bits per heavy atom. The smallest absolute Gasteiger partial charge is 0.242 e. The highest BCUT2D eigenvalue weighted by Crippen LogP contribution is 2.16. The summed E-state index contributed by atoms with van der Waals surface area (Å²) in [6, 6.07) is 9.68. The summed E-state index contributed by atoms with van der Waals surface area (Å²) in [7, 11) is 0. The fourth-order valence-corrected chi connectivity index (χ4v) is 3.90. The molecule has 0 bridgehead atoms. The molecule has 1 aliphatic rings. The zero-order valence-corrected chi connectivity index (χ0v) is 19.3. The number of nitrogens with one attached hydrogen (secondary N) is 3. The van der Waals surface area contributed by atoms with E-state index in [4.69, 9.17) is 4.74 Å². The molecular weight excluding hydrogens is 466 g/mol. The van der Waals surface area contributed by atoms with E-state index in [0.29, 0.717) is 25.1 Å². The molecule has 35 heavy (non-hydrogen) atoms. The standard InChI is InChI=1S/C25H29F4N3O3/c1-15-9-19(26)18(20(27)10-15)7-8-30-24(33)22(12-23(28)29)32-25(34)21-11-17(13-31-21)35-14-16-5-3-2-4-6-16/h2-6,9-10,17,21-23,31H,7-8,11-14H2,1H3,(H,30,33)(H,32,34). The van der Waals surface area contributed by atoms with Crippen molar-refractivity contribution in [3.63, 3.8) is 0 Å². The van der Waals surface area contributed by atoms with E-state index in [0.717, 1.165) is 5.56 Å². The number of carbonyl (C=O) groups excluding carboxylic acids is 2. The monoisotopic (exact) mass is 495 g/mol. The average molecular weight is 496 g/mol. The van der Waals surface area contributed by atoms with Crippen LogP contribution in [0, 0.1) is 18.6 Å². The van der Waals surface area contributed by atoms with Crippen molar-refractivity contribution in [2.75, 3.05) is 13.1 Å². The lowest BCUT2D eigenvalue weighted by Gasteiger charge is -2.20. The molecule has 1 heterocycles. The van der Waals surface area contributed by atoms with Gasteiger partial charge in [0.05, 0.1) is 18.8 Å². The minimum Gasteiger partial charge on any atom is -0.372 e. The second-order valence-corrected chi connectivity index (χ2v) is 8.55. The second kappa shape index (κ2) is 12.6. The van der Waals surface area contributed by atoms with Crippen molar-refractivity contribution >= 4 is 11.8 Å². The Kier molecular flexibility index (Phi) is 9.62. The van der Waals surface area contributed by atoms with Crippen molar-refractivity contribution < 1.29 is 31.9 Å². The Morgan fingerprint density at radius 2 is 1.83 bits per heavy atom. The molecule has 190 valence electrons. The summed E-state index contributed by atoms with van der Waals surface area (Å²) in [6.45, 7) is 2.15. The first-order chi connectivity index (χ1) is 16.7. The first-order valence-electron chi connectivity index (χ1n) is 11.4. The van der Waals surface area contributed by atoms with Crippen LogP contribution in [0.25, 0.3) is 0 Å². The maximum atomic E-state index is 14.0. The van der Waals surface area contributed by atoms with Crippen LogP contribution >= 0.6 is 0 Å². The number of hydrogen-bond donors (Lipinski definition) is 3. The summed E-state index contributed by atoms with van der Waals surface area (Å²) >= 11 is 0. The number of benzene rings is 2. The highest BCUT2D eigenvalue weighted by molar-refractivity contribution is 5.90. The maximum absolute atomic E-state index is 14.0. The minimum absolute atomic E-state index is 0.163. The van der Waals surface area contributed by atoms with Crippen LogP contribution in [0.1, 0.15) is 29.5 Å².